The lowest BCUT2D eigenvalue weighted by atomic mass is 10.1. The summed E-state index contributed by atoms with van der Waals surface area (Å²) >= 11 is 0. The van der Waals surface area contributed by atoms with Crippen LogP contribution in [0, 0.1) is 5.82 Å². The Morgan fingerprint density at radius 2 is 1.58 bits per heavy atom. The summed E-state index contributed by atoms with van der Waals surface area (Å²) in [6.45, 7) is 3.70. The topological polar surface area (TPSA) is 69.7 Å². The van der Waals surface area contributed by atoms with Gasteiger partial charge in [-0.2, -0.15) is 4.72 Å². The third-order valence-corrected chi connectivity index (χ3v) is 7.06. The van der Waals surface area contributed by atoms with Crippen LogP contribution in [0.4, 0.5) is 10.1 Å². The molecule has 0 bridgehead atoms. The highest BCUT2D eigenvalue weighted by atomic mass is 32.2. The van der Waals surface area contributed by atoms with E-state index in [2.05, 4.69) is 9.62 Å². The fourth-order valence-electron chi connectivity index (χ4n) is 3.80. The number of hydrogen-bond donors (Lipinski definition) is 1. The molecule has 1 atom stereocenters. The number of amides is 1. The Kier molecular flexibility index (Phi) is 5.93. The maximum Gasteiger partial charge on any atom is 0.241 e. The molecule has 6 nitrogen and oxygen atoms in total. The van der Waals surface area contributed by atoms with Crippen LogP contribution in [-0.2, 0) is 14.8 Å². The fourth-order valence-corrected chi connectivity index (χ4v) is 5.03. The number of piperazine rings is 1. The average molecular weight is 442 g/mol. The van der Waals surface area contributed by atoms with E-state index in [1.165, 1.54) is 12.1 Å². The quantitative estimate of drug-likeness (QED) is 0.661. The molecule has 3 aromatic carbocycles. The van der Waals surface area contributed by atoms with Crippen LogP contribution in [0.3, 0.4) is 0 Å². The number of fused-ring (bicyclic) bond motifs is 1. The maximum atomic E-state index is 13.1. The first-order valence-electron chi connectivity index (χ1n) is 10.1. The van der Waals surface area contributed by atoms with Crippen LogP contribution in [0.5, 0.6) is 0 Å². The van der Waals surface area contributed by atoms with Crippen LogP contribution in [0.2, 0.25) is 0 Å². The van der Waals surface area contributed by atoms with E-state index in [4.69, 9.17) is 0 Å². The van der Waals surface area contributed by atoms with Crippen molar-refractivity contribution in [3.05, 3.63) is 72.5 Å². The van der Waals surface area contributed by atoms with E-state index in [-0.39, 0.29) is 16.6 Å². The monoisotopic (exact) mass is 441 g/mol. The Labute approximate surface area is 181 Å². The van der Waals surface area contributed by atoms with Gasteiger partial charge in [-0.25, -0.2) is 12.8 Å². The summed E-state index contributed by atoms with van der Waals surface area (Å²) in [6, 6.07) is 17.8. The molecule has 8 heteroatoms. The van der Waals surface area contributed by atoms with Crippen molar-refractivity contribution in [2.75, 3.05) is 31.1 Å². The molecule has 4 rings (SSSR count). The Bertz CT molecular complexity index is 1190. The Morgan fingerprint density at radius 1 is 0.935 bits per heavy atom. The lowest BCUT2D eigenvalue weighted by molar-refractivity contribution is -0.132. The van der Waals surface area contributed by atoms with Gasteiger partial charge in [-0.05, 0) is 54.1 Å². The number of anilines is 1. The van der Waals surface area contributed by atoms with Crippen molar-refractivity contribution < 1.29 is 17.6 Å². The molecule has 1 heterocycles. The molecule has 0 aromatic heterocycles. The van der Waals surface area contributed by atoms with Crippen LogP contribution in [0.15, 0.2) is 71.6 Å². The summed E-state index contributed by atoms with van der Waals surface area (Å²) in [5.41, 5.74) is 0.901. The number of nitrogens with one attached hydrogen (secondary N) is 1. The first-order chi connectivity index (χ1) is 14.8. The SMILES string of the molecule is C[C@@H](NS(=O)(=O)c1ccc2ccccc2c1)C(=O)N1CCN(c2ccc(F)cc2)CC1. The van der Waals surface area contributed by atoms with Crippen LogP contribution in [-0.4, -0.2) is 51.4 Å². The molecule has 0 spiro atoms. The fraction of sp³-hybridized carbons (Fsp3) is 0.261. The number of nitrogens with zero attached hydrogens (tertiary/aromatic N) is 2. The van der Waals surface area contributed by atoms with E-state index in [0.29, 0.717) is 26.2 Å². The zero-order valence-corrected chi connectivity index (χ0v) is 18.0. The van der Waals surface area contributed by atoms with Gasteiger partial charge >= 0.3 is 0 Å². The summed E-state index contributed by atoms with van der Waals surface area (Å²) in [7, 11) is -3.84. The van der Waals surface area contributed by atoms with E-state index in [1.807, 2.05) is 24.3 Å². The predicted octanol–water partition coefficient (Wildman–Crippen LogP) is 2.99. The second kappa shape index (κ2) is 8.64. The van der Waals surface area contributed by atoms with Crippen molar-refractivity contribution in [3.8, 4) is 0 Å². The zero-order chi connectivity index (χ0) is 22.0. The Hall–Kier alpha value is -2.97. The van der Waals surface area contributed by atoms with Crippen LogP contribution in [0.25, 0.3) is 10.8 Å². The van der Waals surface area contributed by atoms with E-state index < -0.39 is 16.1 Å². The third kappa shape index (κ3) is 4.70. The average Bonchev–Trinajstić information content (AvgIpc) is 2.78. The van der Waals surface area contributed by atoms with Crippen LogP contribution >= 0.6 is 0 Å². The summed E-state index contributed by atoms with van der Waals surface area (Å²) in [5.74, 6) is -0.548. The van der Waals surface area contributed by atoms with Crippen LogP contribution < -0.4 is 9.62 Å². The molecule has 1 aliphatic rings. The molecule has 0 unspecified atom stereocenters. The summed E-state index contributed by atoms with van der Waals surface area (Å²) in [5, 5.41) is 1.77. The lowest BCUT2D eigenvalue weighted by Crippen LogP contribution is -2.54. The van der Waals surface area contributed by atoms with Crippen molar-refractivity contribution >= 4 is 32.4 Å². The van der Waals surface area contributed by atoms with E-state index in [0.717, 1.165) is 16.5 Å². The zero-order valence-electron chi connectivity index (χ0n) is 17.2. The standard InChI is InChI=1S/C23H24FN3O3S/c1-17(25-31(29,30)22-11-6-18-4-2-3-5-19(18)16-22)23(28)27-14-12-26(13-15-27)21-9-7-20(24)8-10-21/h2-11,16-17,25H,12-15H2,1H3/t17-/m1/s1. The summed E-state index contributed by atoms with van der Waals surface area (Å²) in [4.78, 5) is 16.7. The smallest absolute Gasteiger partial charge is 0.241 e. The van der Waals surface area contributed by atoms with E-state index in [9.17, 15) is 17.6 Å². The van der Waals surface area contributed by atoms with Crippen molar-refractivity contribution in [2.24, 2.45) is 0 Å². The van der Waals surface area contributed by atoms with Crippen molar-refractivity contribution in [3.63, 3.8) is 0 Å². The second-order valence-electron chi connectivity index (χ2n) is 7.64. The number of carbonyl (C=O) groups is 1. The van der Waals surface area contributed by atoms with Crippen LogP contribution in [0.1, 0.15) is 6.92 Å². The summed E-state index contributed by atoms with van der Waals surface area (Å²) in [6.07, 6.45) is 0. The molecular formula is C23H24FN3O3S. The van der Waals surface area contributed by atoms with Crippen molar-refractivity contribution in [2.45, 2.75) is 17.9 Å². The van der Waals surface area contributed by atoms with Gasteiger partial charge in [-0.15, -0.1) is 0 Å². The number of carbonyl (C=O) groups excluding carboxylic acids is 1. The van der Waals surface area contributed by atoms with Gasteiger partial charge in [0.15, 0.2) is 0 Å². The molecular weight excluding hydrogens is 417 g/mol. The number of rotatable bonds is 5. The van der Waals surface area contributed by atoms with Crippen molar-refractivity contribution in [1.29, 1.82) is 0 Å². The minimum absolute atomic E-state index is 0.131. The van der Waals surface area contributed by atoms with Gasteiger partial charge in [-0.1, -0.05) is 30.3 Å². The van der Waals surface area contributed by atoms with Gasteiger partial charge in [0.05, 0.1) is 10.9 Å². The highest BCUT2D eigenvalue weighted by molar-refractivity contribution is 7.89. The van der Waals surface area contributed by atoms with E-state index in [1.54, 1.807) is 42.2 Å². The lowest BCUT2D eigenvalue weighted by Gasteiger charge is -2.37. The Balaban J connectivity index is 1.39. The van der Waals surface area contributed by atoms with Gasteiger partial charge in [-0.3, -0.25) is 4.79 Å². The summed E-state index contributed by atoms with van der Waals surface area (Å²) < 4.78 is 41.3. The molecule has 1 saturated heterocycles. The largest absolute Gasteiger partial charge is 0.368 e. The number of benzene rings is 3. The van der Waals surface area contributed by atoms with Gasteiger partial charge in [0.1, 0.15) is 5.82 Å². The molecule has 31 heavy (non-hydrogen) atoms. The molecule has 0 aliphatic carbocycles. The van der Waals surface area contributed by atoms with Crippen molar-refractivity contribution in [1.82, 2.24) is 9.62 Å². The predicted molar refractivity (Wildman–Crippen MR) is 119 cm³/mol. The molecule has 0 radical (unpaired) electrons. The molecule has 1 N–H and O–H groups in total. The minimum Gasteiger partial charge on any atom is -0.368 e. The first-order valence-corrected chi connectivity index (χ1v) is 11.6. The van der Waals surface area contributed by atoms with Gasteiger partial charge in [0, 0.05) is 31.9 Å². The molecule has 0 saturated carbocycles. The van der Waals surface area contributed by atoms with Gasteiger partial charge in [0.25, 0.3) is 0 Å². The molecule has 1 amide bonds. The normalized spacial score (nSPS) is 15.8. The molecule has 1 fully saturated rings. The third-order valence-electron chi connectivity index (χ3n) is 5.52. The highest BCUT2D eigenvalue weighted by Crippen LogP contribution is 2.20. The molecule has 1 aliphatic heterocycles. The maximum absolute atomic E-state index is 13.1. The first kappa shape index (κ1) is 21.3. The molecule has 162 valence electrons. The van der Waals surface area contributed by atoms with Gasteiger partial charge in [0.2, 0.25) is 15.9 Å². The number of sulfonamides is 1. The second-order valence-corrected chi connectivity index (χ2v) is 9.35. The highest BCUT2D eigenvalue weighted by Gasteiger charge is 2.28. The number of hydrogen-bond acceptors (Lipinski definition) is 4. The van der Waals surface area contributed by atoms with Gasteiger partial charge < -0.3 is 9.80 Å². The Morgan fingerprint density at radius 3 is 2.26 bits per heavy atom. The minimum atomic E-state index is -3.84. The number of halogens is 1. The molecule has 3 aromatic rings. The van der Waals surface area contributed by atoms with E-state index >= 15 is 0 Å².